The molecule has 0 unspecified atom stereocenters. The Morgan fingerprint density at radius 3 is 2.73 bits per heavy atom. The van der Waals surface area contributed by atoms with Crippen LogP contribution in [0.2, 0.25) is 0 Å². The van der Waals surface area contributed by atoms with Crippen molar-refractivity contribution in [3.63, 3.8) is 0 Å². The lowest BCUT2D eigenvalue weighted by Crippen LogP contribution is -2.53. The second kappa shape index (κ2) is 6.85. The molecule has 2 aliphatic heterocycles. The van der Waals surface area contributed by atoms with E-state index in [2.05, 4.69) is 9.88 Å². The van der Waals surface area contributed by atoms with Crippen molar-refractivity contribution in [2.24, 2.45) is 5.41 Å². The molecule has 3 heterocycles. The maximum absolute atomic E-state index is 13.2. The first-order chi connectivity index (χ1) is 12.6. The van der Waals surface area contributed by atoms with Gasteiger partial charge in [-0.25, -0.2) is 9.78 Å². The maximum Gasteiger partial charge on any atom is 0.347 e. The fourth-order valence-electron chi connectivity index (χ4n) is 4.88. The molecule has 3 aliphatic rings. The molecule has 2 saturated heterocycles. The lowest BCUT2D eigenvalue weighted by molar-refractivity contribution is -0.148. The van der Waals surface area contributed by atoms with Crippen LogP contribution in [0.5, 0.6) is 0 Å². The molecular weight excluding hydrogens is 332 g/mol. The molecule has 0 bridgehead atoms. The van der Waals surface area contributed by atoms with Crippen molar-refractivity contribution in [1.29, 1.82) is 0 Å². The van der Waals surface area contributed by atoms with Crippen LogP contribution in [0.25, 0.3) is 0 Å². The van der Waals surface area contributed by atoms with Gasteiger partial charge in [-0.15, -0.1) is 0 Å². The van der Waals surface area contributed by atoms with E-state index in [9.17, 15) is 14.4 Å². The summed E-state index contributed by atoms with van der Waals surface area (Å²) in [7, 11) is 0. The van der Waals surface area contributed by atoms with Gasteiger partial charge in [0.05, 0.1) is 5.41 Å². The summed E-state index contributed by atoms with van der Waals surface area (Å²) in [5.74, 6) is 0.146. The van der Waals surface area contributed by atoms with Crippen molar-refractivity contribution in [3.8, 4) is 0 Å². The summed E-state index contributed by atoms with van der Waals surface area (Å²) < 4.78 is 1.32. The van der Waals surface area contributed by atoms with E-state index in [4.69, 9.17) is 0 Å². The highest BCUT2D eigenvalue weighted by Gasteiger charge is 2.50. The number of likely N-dealkylation sites (tertiary alicyclic amines) is 2. The Labute approximate surface area is 153 Å². The van der Waals surface area contributed by atoms with Gasteiger partial charge in [-0.1, -0.05) is 12.8 Å². The van der Waals surface area contributed by atoms with Gasteiger partial charge in [0, 0.05) is 38.1 Å². The zero-order valence-electron chi connectivity index (χ0n) is 15.1. The van der Waals surface area contributed by atoms with E-state index >= 15 is 0 Å². The Hall–Kier alpha value is -2.18. The molecule has 0 radical (unpaired) electrons. The van der Waals surface area contributed by atoms with E-state index in [1.54, 1.807) is 17.2 Å². The Kier molecular flexibility index (Phi) is 4.54. The first kappa shape index (κ1) is 17.2. The van der Waals surface area contributed by atoms with Crippen LogP contribution in [0.15, 0.2) is 23.3 Å². The normalized spacial score (nSPS) is 26.8. The molecule has 2 amide bonds. The minimum atomic E-state index is -0.420. The number of hydrogen-bond donors (Lipinski definition) is 0. The third-order valence-corrected chi connectivity index (χ3v) is 6.33. The van der Waals surface area contributed by atoms with E-state index in [0.29, 0.717) is 19.1 Å². The lowest BCUT2D eigenvalue weighted by atomic mass is 9.77. The van der Waals surface area contributed by atoms with E-state index < -0.39 is 11.1 Å². The Morgan fingerprint density at radius 2 is 1.96 bits per heavy atom. The average molecular weight is 358 g/mol. The van der Waals surface area contributed by atoms with Crippen molar-refractivity contribution in [1.82, 2.24) is 19.4 Å². The highest BCUT2D eigenvalue weighted by atomic mass is 16.2. The minimum Gasteiger partial charge on any atom is -0.340 e. The predicted molar refractivity (Wildman–Crippen MR) is 95.3 cm³/mol. The number of carbonyl (C=O) groups excluding carboxylic acids is 2. The van der Waals surface area contributed by atoms with Crippen LogP contribution >= 0.6 is 0 Å². The molecule has 1 aromatic heterocycles. The van der Waals surface area contributed by atoms with Gasteiger partial charge in [-0.3, -0.25) is 14.2 Å². The topological polar surface area (TPSA) is 75.5 Å². The van der Waals surface area contributed by atoms with E-state index in [1.807, 2.05) is 0 Å². The Bertz CT molecular complexity index is 755. The molecule has 7 heteroatoms. The number of hydrogen-bond acceptors (Lipinski definition) is 4. The van der Waals surface area contributed by atoms with Crippen molar-refractivity contribution < 1.29 is 9.59 Å². The molecule has 0 aromatic carbocycles. The summed E-state index contributed by atoms with van der Waals surface area (Å²) in [6.07, 6.45) is 10.3. The van der Waals surface area contributed by atoms with Gasteiger partial charge in [0.2, 0.25) is 11.8 Å². The third-order valence-electron chi connectivity index (χ3n) is 6.33. The van der Waals surface area contributed by atoms with Gasteiger partial charge in [0.25, 0.3) is 0 Å². The van der Waals surface area contributed by atoms with Gasteiger partial charge in [-0.2, -0.15) is 0 Å². The molecule has 1 spiro atoms. The summed E-state index contributed by atoms with van der Waals surface area (Å²) in [5, 5.41) is 0. The third kappa shape index (κ3) is 3.04. The van der Waals surface area contributed by atoms with Gasteiger partial charge in [0.1, 0.15) is 6.54 Å². The number of aromatic nitrogens is 2. The SMILES string of the molecule is O=C(Cn1cccnc1=O)N1CC[C@@]2(CCCN(C3CCCC3)C2=O)C1. The van der Waals surface area contributed by atoms with Crippen molar-refractivity contribution >= 4 is 11.8 Å². The van der Waals surface area contributed by atoms with Crippen molar-refractivity contribution in [2.75, 3.05) is 19.6 Å². The molecule has 1 aromatic rings. The molecule has 26 heavy (non-hydrogen) atoms. The Morgan fingerprint density at radius 1 is 1.15 bits per heavy atom. The first-order valence-electron chi connectivity index (χ1n) is 9.69. The quantitative estimate of drug-likeness (QED) is 0.809. The smallest absolute Gasteiger partial charge is 0.340 e. The van der Waals surface area contributed by atoms with Crippen LogP contribution in [0, 0.1) is 5.41 Å². The van der Waals surface area contributed by atoms with Crippen LogP contribution in [-0.2, 0) is 16.1 Å². The number of nitrogens with zero attached hydrogens (tertiary/aromatic N) is 4. The zero-order valence-corrected chi connectivity index (χ0v) is 15.1. The minimum absolute atomic E-state index is 0.0106. The van der Waals surface area contributed by atoms with Crippen LogP contribution in [0.3, 0.4) is 0 Å². The van der Waals surface area contributed by atoms with Gasteiger partial charge < -0.3 is 9.80 Å². The molecule has 0 N–H and O–H groups in total. The first-order valence-corrected chi connectivity index (χ1v) is 9.69. The molecule has 4 rings (SSSR count). The molecular formula is C19H26N4O3. The fourth-order valence-corrected chi connectivity index (χ4v) is 4.88. The maximum atomic E-state index is 13.2. The second-order valence-corrected chi connectivity index (χ2v) is 7.92. The van der Waals surface area contributed by atoms with E-state index in [-0.39, 0.29) is 18.4 Å². The monoisotopic (exact) mass is 358 g/mol. The summed E-state index contributed by atoms with van der Waals surface area (Å²) in [5.41, 5.74) is -0.827. The van der Waals surface area contributed by atoms with Gasteiger partial charge in [-0.05, 0) is 38.2 Å². The van der Waals surface area contributed by atoms with Crippen LogP contribution in [0.1, 0.15) is 44.9 Å². The van der Waals surface area contributed by atoms with E-state index in [0.717, 1.165) is 38.6 Å². The highest BCUT2D eigenvalue weighted by molar-refractivity contribution is 5.86. The van der Waals surface area contributed by atoms with Gasteiger partial charge in [0.15, 0.2) is 0 Å². The summed E-state index contributed by atoms with van der Waals surface area (Å²) in [6.45, 7) is 1.94. The number of rotatable bonds is 3. The highest BCUT2D eigenvalue weighted by Crippen LogP contribution is 2.42. The standard InChI is InChI=1S/C19H26N4O3/c24-16(13-21-10-4-9-20-18(21)26)22-12-8-19(14-22)7-3-11-23(17(19)25)15-5-1-2-6-15/h4,9-10,15H,1-3,5-8,11-14H2/t19-/m0/s1. The molecule has 140 valence electrons. The largest absolute Gasteiger partial charge is 0.347 e. The number of carbonyl (C=O) groups is 2. The average Bonchev–Trinajstić information content (AvgIpc) is 3.30. The summed E-state index contributed by atoms with van der Waals surface area (Å²) in [6, 6.07) is 2.04. The Balaban J connectivity index is 1.45. The summed E-state index contributed by atoms with van der Waals surface area (Å²) >= 11 is 0. The van der Waals surface area contributed by atoms with E-state index in [1.165, 1.54) is 23.6 Å². The molecule has 3 fully saturated rings. The van der Waals surface area contributed by atoms with Crippen molar-refractivity contribution in [3.05, 3.63) is 28.9 Å². The van der Waals surface area contributed by atoms with Crippen LogP contribution < -0.4 is 5.69 Å². The predicted octanol–water partition coefficient (Wildman–Crippen LogP) is 1.03. The second-order valence-electron chi connectivity index (χ2n) is 7.92. The summed E-state index contributed by atoms with van der Waals surface area (Å²) in [4.78, 5) is 45.2. The number of piperidine rings is 1. The number of amides is 2. The lowest BCUT2D eigenvalue weighted by Gasteiger charge is -2.42. The fraction of sp³-hybridized carbons (Fsp3) is 0.684. The van der Waals surface area contributed by atoms with Gasteiger partial charge >= 0.3 is 5.69 Å². The molecule has 7 nitrogen and oxygen atoms in total. The molecule has 1 aliphatic carbocycles. The van der Waals surface area contributed by atoms with Crippen LogP contribution in [0.4, 0.5) is 0 Å². The molecule has 1 saturated carbocycles. The van der Waals surface area contributed by atoms with Crippen molar-refractivity contribution in [2.45, 2.75) is 57.5 Å². The van der Waals surface area contributed by atoms with Crippen LogP contribution in [-0.4, -0.2) is 56.8 Å². The zero-order chi connectivity index (χ0) is 18.1. The molecule has 1 atom stereocenters.